The van der Waals surface area contributed by atoms with Crippen molar-refractivity contribution >= 4 is 5.69 Å². The molecule has 1 fully saturated rings. The van der Waals surface area contributed by atoms with Crippen LogP contribution in [0.4, 0.5) is 5.69 Å². The summed E-state index contributed by atoms with van der Waals surface area (Å²) in [7, 11) is 0. The first-order valence-electron chi connectivity index (χ1n) is 6.24. The van der Waals surface area contributed by atoms with Gasteiger partial charge >= 0.3 is 0 Å². The normalized spacial score (nSPS) is 18.9. The fraction of sp³-hybridized carbons (Fsp3) is 0.500. The molecule has 1 aliphatic heterocycles. The number of benzene rings is 1. The van der Waals surface area contributed by atoms with E-state index in [4.69, 9.17) is 10.00 Å². The zero-order valence-corrected chi connectivity index (χ0v) is 9.98. The lowest BCUT2D eigenvalue weighted by molar-refractivity contribution is 0.103. The Morgan fingerprint density at radius 1 is 1.47 bits per heavy atom. The Bertz CT molecular complexity index is 391. The third-order valence-corrected chi connectivity index (χ3v) is 3.05. The maximum Gasteiger partial charge on any atom is 0.0992 e. The molecule has 0 saturated carbocycles. The van der Waals surface area contributed by atoms with Gasteiger partial charge in [-0.15, -0.1) is 0 Å². The van der Waals surface area contributed by atoms with E-state index < -0.39 is 0 Å². The Morgan fingerprint density at radius 3 is 3.18 bits per heavy atom. The Balaban J connectivity index is 1.68. The highest BCUT2D eigenvalue weighted by Gasteiger charge is 2.14. The first-order valence-corrected chi connectivity index (χ1v) is 6.24. The van der Waals surface area contributed by atoms with Crippen LogP contribution in [-0.4, -0.2) is 19.3 Å². The molecule has 3 nitrogen and oxygen atoms in total. The number of nitrogens with zero attached hydrogens (tertiary/aromatic N) is 1. The number of nitriles is 1. The van der Waals surface area contributed by atoms with Crippen molar-refractivity contribution < 1.29 is 4.74 Å². The fourth-order valence-corrected chi connectivity index (χ4v) is 2.13. The van der Waals surface area contributed by atoms with Crippen LogP contribution in [0.3, 0.4) is 0 Å². The zero-order valence-electron chi connectivity index (χ0n) is 9.98. The summed E-state index contributed by atoms with van der Waals surface area (Å²) in [5.41, 5.74) is 1.73. The van der Waals surface area contributed by atoms with Gasteiger partial charge in [-0.3, -0.25) is 0 Å². The summed E-state index contributed by atoms with van der Waals surface area (Å²) in [6.07, 6.45) is 5.14. The number of ether oxygens (including phenoxy) is 1. The number of nitrogens with one attached hydrogen (secondary N) is 1. The predicted octanol–water partition coefficient (Wildman–Crippen LogP) is 2.93. The number of anilines is 1. The highest BCUT2D eigenvalue weighted by atomic mass is 16.5. The molecule has 90 valence electrons. The monoisotopic (exact) mass is 230 g/mol. The van der Waals surface area contributed by atoms with Gasteiger partial charge in [-0.05, 0) is 43.9 Å². The minimum Gasteiger partial charge on any atom is -0.385 e. The van der Waals surface area contributed by atoms with E-state index in [-0.39, 0.29) is 0 Å². The van der Waals surface area contributed by atoms with Crippen LogP contribution in [0.2, 0.25) is 0 Å². The fourth-order valence-electron chi connectivity index (χ4n) is 2.13. The second-order valence-electron chi connectivity index (χ2n) is 4.40. The quantitative estimate of drug-likeness (QED) is 0.791. The van der Waals surface area contributed by atoms with Crippen LogP contribution in [0.5, 0.6) is 0 Å². The molecule has 1 saturated heterocycles. The van der Waals surface area contributed by atoms with Crippen molar-refractivity contribution in [3.05, 3.63) is 29.8 Å². The van der Waals surface area contributed by atoms with Crippen molar-refractivity contribution in [1.29, 1.82) is 5.26 Å². The molecule has 2 rings (SSSR count). The molecular formula is C14H18N2O. The third-order valence-electron chi connectivity index (χ3n) is 3.05. The first kappa shape index (κ1) is 11.9. The molecule has 0 aliphatic carbocycles. The largest absolute Gasteiger partial charge is 0.385 e. The maximum absolute atomic E-state index is 8.78. The van der Waals surface area contributed by atoms with Gasteiger partial charge in [-0.2, -0.15) is 5.26 Å². The van der Waals surface area contributed by atoms with E-state index in [0.29, 0.717) is 11.7 Å². The van der Waals surface area contributed by atoms with E-state index in [9.17, 15) is 0 Å². The second-order valence-corrected chi connectivity index (χ2v) is 4.40. The Labute approximate surface area is 102 Å². The van der Waals surface area contributed by atoms with Crippen LogP contribution in [0.25, 0.3) is 0 Å². The topological polar surface area (TPSA) is 45.0 Å². The Morgan fingerprint density at radius 2 is 2.41 bits per heavy atom. The van der Waals surface area contributed by atoms with Gasteiger partial charge < -0.3 is 10.1 Å². The molecular weight excluding hydrogens is 212 g/mol. The molecule has 1 aromatic rings. The van der Waals surface area contributed by atoms with Gasteiger partial charge in [0.25, 0.3) is 0 Å². The lowest BCUT2D eigenvalue weighted by Crippen LogP contribution is -2.09. The standard InChI is InChI=1S/C14H18N2O/c15-11-12-4-1-5-13(10-12)16-8-2-6-14-7-3-9-17-14/h1,4-5,10,14,16H,2-3,6-9H2. The molecule has 1 heterocycles. The van der Waals surface area contributed by atoms with Crippen LogP contribution >= 0.6 is 0 Å². The average molecular weight is 230 g/mol. The number of hydrogen-bond donors (Lipinski definition) is 1. The SMILES string of the molecule is N#Cc1cccc(NCCCC2CCCO2)c1. The van der Waals surface area contributed by atoms with E-state index >= 15 is 0 Å². The second kappa shape index (κ2) is 6.27. The summed E-state index contributed by atoms with van der Waals surface area (Å²) in [5.74, 6) is 0. The smallest absolute Gasteiger partial charge is 0.0992 e. The van der Waals surface area contributed by atoms with Gasteiger partial charge in [0.2, 0.25) is 0 Å². The van der Waals surface area contributed by atoms with Gasteiger partial charge in [-0.25, -0.2) is 0 Å². The van der Waals surface area contributed by atoms with Gasteiger partial charge in [-0.1, -0.05) is 6.07 Å². The molecule has 0 spiro atoms. The molecule has 3 heteroatoms. The van der Waals surface area contributed by atoms with Crippen molar-refractivity contribution in [3.8, 4) is 6.07 Å². The molecule has 0 aromatic heterocycles. The lowest BCUT2D eigenvalue weighted by Gasteiger charge is -2.10. The lowest BCUT2D eigenvalue weighted by atomic mass is 10.1. The van der Waals surface area contributed by atoms with Crippen molar-refractivity contribution in [3.63, 3.8) is 0 Å². The van der Waals surface area contributed by atoms with Gasteiger partial charge in [0.15, 0.2) is 0 Å². The molecule has 1 aliphatic rings. The molecule has 0 amide bonds. The molecule has 0 bridgehead atoms. The zero-order chi connectivity index (χ0) is 11.9. The third kappa shape index (κ3) is 3.76. The van der Waals surface area contributed by atoms with Crippen LogP contribution < -0.4 is 5.32 Å². The molecule has 1 unspecified atom stereocenters. The highest BCUT2D eigenvalue weighted by molar-refractivity contribution is 5.48. The number of hydrogen-bond acceptors (Lipinski definition) is 3. The minimum absolute atomic E-state index is 0.474. The molecule has 0 radical (unpaired) electrons. The minimum atomic E-state index is 0.474. The molecule has 1 aromatic carbocycles. The van der Waals surface area contributed by atoms with Crippen molar-refractivity contribution in [2.24, 2.45) is 0 Å². The van der Waals surface area contributed by atoms with Crippen LogP contribution in [0, 0.1) is 11.3 Å². The van der Waals surface area contributed by atoms with Crippen LogP contribution in [0.1, 0.15) is 31.2 Å². The summed E-state index contributed by atoms with van der Waals surface area (Å²) >= 11 is 0. The van der Waals surface area contributed by atoms with E-state index in [1.54, 1.807) is 0 Å². The summed E-state index contributed by atoms with van der Waals surface area (Å²) in [5, 5.41) is 12.1. The average Bonchev–Trinajstić information content (AvgIpc) is 2.88. The van der Waals surface area contributed by atoms with E-state index in [1.165, 1.54) is 12.8 Å². The number of rotatable bonds is 5. The molecule has 1 N–H and O–H groups in total. The summed E-state index contributed by atoms with van der Waals surface area (Å²) < 4.78 is 5.57. The van der Waals surface area contributed by atoms with E-state index in [1.807, 2.05) is 24.3 Å². The van der Waals surface area contributed by atoms with E-state index in [2.05, 4.69) is 11.4 Å². The summed E-state index contributed by atoms with van der Waals surface area (Å²) in [4.78, 5) is 0. The van der Waals surface area contributed by atoms with Gasteiger partial charge in [0, 0.05) is 18.8 Å². The highest BCUT2D eigenvalue weighted by Crippen LogP contribution is 2.17. The van der Waals surface area contributed by atoms with Crippen molar-refractivity contribution in [2.75, 3.05) is 18.5 Å². The predicted molar refractivity (Wildman–Crippen MR) is 67.9 cm³/mol. The van der Waals surface area contributed by atoms with Crippen LogP contribution in [0.15, 0.2) is 24.3 Å². The van der Waals surface area contributed by atoms with Crippen molar-refractivity contribution in [2.45, 2.75) is 31.8 Å². The molecule has 1 atom stereocenters. The van der Waals surface area contributed by atoms with Crippen LogP contribution in [-0.2, 0) is 4.74 Å². The van der Waals surface area contributed by atoms with Gasteiger partial charge in [0.05, 0.1) is 17.7 Å². The van der Waals surface area contributed by atoms with Gasteiger partial charge in [0.1, 0.15) is 0 Å². The Kier molecular flexibility index (Phi) is 4.40. The van der Waals surface area contributed by atoms with Crippen molar-refractivity contribution in [1.82, 2.24) is 0 Å². The summed E-state index contributed by atoms with van der Waals surface area (Å²) in [6, 6.07) is 9.74. The maximum atomic E-state index is 8.78. The summed E-state index contributed by atoms with van der Waals surface area (Å²) in [6.45, 7) is 1.87. The van der Waals surface area contributed by atoms with E-state index in [0.717, 1.165) is 31.7 Å². The Hall–Kier alpha value is -1.53. The first-order chi connectivity index (χ1) is 8.38. The molecule has 17 heavy (non-hydrogen) atoms.